The van der Waals surface area contributed by atoms with Crippen molar-refractivity contribution in [2.24, 2.45) is 0 Å². The molecule has 0 saturated heterocycles. The average Bonchev–Trinajstić information content (AvgIpc) is 2.97. The van der Waals surface area contributed by atoms with E-state index in [0.717, 1.165) is 5.56 Å². The molecule has 13 nitrogen and oxygen atoms in total. The fourth-order valence-corrected chi connectivity index (χ4v) is 3.34. The number of nitrogens with one attached hydrogen (secondary N) is 2. The van der Waals surface area contributed by atoms with Crippen LogP contribution in [-0.4, -0.2) is 61.0 Å². The fourth-order valence-electron chi connectivity index (χ4n) is 3.27. The molecule has 0 bridgehead atoms. The molecule has 2 atom stereocenters. The Balaban J connectivity index is -0.000000309. The zero-order valence-corrected chi connectivity index (χ0v) is 31.9. The Hall–Kier alpha value is -1.09. The number of anilines is 2. The van der Waals surface area contributed by atoms with Crippen LogP contribution in [0.3, 0.4) is 0 Å². The first-order valence-electron chi connectivity index (χ1n) is 12.3. The average molecular weight is 691 g/mol. The Morgan fingerprint density at radius 1 is 1.07 bits per heavy atom. The number of hydrogen-bond acceptors (Lipinski definition) is 11. The summed E-state index contributed by atoms with van der Waals surface area (Å²) in [5.74, 6) is -1.77. The molecule has 234 valence electrons. The van der Waals surface area contributed by atoms with Crippen LogP contribution in [0, 0.1) is 0 Å². The van der Waals surface area contributed by atoms with E-state index >= 15 is 0 Å². The third-order valence-electron chi connectivity index (χ3n) is 5.38. The minimum absolute atomic E-state index is 0. The summed E-state index contributed by atoms with van der Waals surface area (Å²) in [7, 11) is 0. The minimum atomic E-state index is -0.483. The van der Waals surface area contributed by atoms with E-state index in [1.807, 2.05) is 0 Å². The number of carbonyl (C=O) groups excluding carboxylic acids is 5. The molecule has 1 aliphatic heterocycles. The number of carbonyl (C=O) groups is 5. The molecule has 1 heterocycles. The smallest absolute Gasteiger partial charge is 1.00 e. The third kappa shape index (κ3) is 16.5. The Kier molecular flexibility index (Phi) is 28.0. The first kappa shape index (κ1) is 47.3. The van der Waals surface area contributed by atoms with Gasteiger partial charge in [-0.05, 0) is 63.1 Å². The number of benzene rings is 2. The second-order valence-corrected chi connectivity index (χ2v) is 8.46. The number of rotatable bonds is 9. The summed E-state index contributed by atoms with van der Waals surface area (Å²) < 4.78 is 15.2. The van der Waals surface area contributed by atoms with E-state index in [1.54, 1.807) is 52.0 Å². The molecule has 2 aromatic carbocycles. The van der Waals surface area contributed by atoms with Crippen LogP contribution in [0.1, 0.15) is 59.5 Å². The zero-order valence-electron chi connectivity index (χ0n) is 25.9. The van der Waals surface area contributed by atoms with Gasteiger partial charge in [-0.25, -0.2) is 0 Å². The molecule has 0 aromatic heterocycles. The predicted molar refractivity (Wildman–Crippen MR) is 153 cm³/mol. The van der Waals surface area contributed by atoms with Gasteiger partial charge in [-0.15, -0.1) is 11.6 Å². The van der Waals surface area contributed by atoms with Gasteiger partial charge in [0.1, 0.15) is 17.4 Å². The van der Waals surface area contributed by atoms with Gasteiger partial charge in [-0.2, -0.15) is 0 Å². The molecule has 0 aliphatic carbocycles. The minimum Gasteiger partial charge on any atom is -1.00 e. The van der Waals surface area contributed by atoms with Crippen LogP contribution in [0.25, 0.3) is 0 Å². The monoisotopic (exact) mass is 690 g/mol. The molecule has 0 fully saturated rings. The van der Waals surface area contributed by atoms with Crippen LogP contribution >= 0.6 is 11.6 Å². The molecule has 0 radical (unpaired) electrons. The van der Waals surface area contributed by atoms with Crippen molar-refractivity contribution in [3.8, 4) is 11.5 Å². The van der Waals surface area contributed by atoms with E-state index in [4.69, 9.17) is 35.9 Å². The summed E-state index contributed by atoms with van der Waals surface area (Å²) in [6.07, 6.45) is 0. The summed E-state index contributed by atoms with van der Waals surface area (Å²) in [4.78, 5) is 56.7. The normalized spacial score (nSPS) is 11.7. The van der Waals surface area contributed by atoms with Crippen molar-refractivity contribution in [3.63, 3.8) is 0 Å². The van der Waals surface area contributed by atoms with Crippen molar-refractivity contribution in [1.29, 1.82) is 0 Å². The van der Waals surface area contributed by atoms with E-state index in [-0.39, 0.29) is 166 Å². The summed E-state index contributed by atoms with van der Waals surface area (Å²) in [5, 5.41) is 23.4. The van der Waals surface area contributed by atoms with Gasteiger partial charge in [-0.3, -0.25) is 24.0 Å². The number of fused-ring (bicyclic) bond motifs is 1. The maximum atomic E-state index is 11.6. The molecular formula is C28H37ClK2N2O11. The maximum Gasteiger partial charge on any atom is 1.00 e. The quantitative estimate of drug-likeness (QED) is 0.0466. The summed E-state index contributed by atoms with van der Waals surface area (Å²) >= 11 is 5.36. The molecule has 16 heteroatoms. The van der Waals surface area contributed by atoms with Crippen molar-refractivity contribution in [2.75, 3.05) is 36.3 Å². The third-order valence-corrected chi connectivity index (χ3v) is 5.62. The summed E-state index contributed by atoms with van der Waals surface area (Å²) in [6.45, 7) is 7.46. The number of halogens is 1. The number of phenols is 1. The van der Waals surface area contributed by atoms with Gasteiger partial charge in [0.05, 0.1) is 36.4 Å². The topological polar surface area (TPSA) is 190 Å². The number of phenolic OH excluding ortho intramolecular Hbond substituents is 1. The zero-order chi connectivity index (χ0) is 30.9. The molecular weight excluding hydrogens is 654 g/mol. The Morgan fingerprint density at radius 3 is 2.02 bits per heavy atom. The molecule has 1 aliphatic rings. The van der Waals surface area contributed by atoms with Crippen LogP contribution in [0.2, 0.25) is 0 Å². The van der Waals surface area contributed by atoms with E-state index in [2.05, 4.69) is 15.5 Å². The van der Waals surface area contributed by atoms with Gasteiger partial charge in [0.2, 0.25) is 5.91 Å². The number of ether oxygens (including phenoxy) is 3. The van der Waals surface area contributed by atoms with Crippen molar-refractivity contribution < 1.29 is 158 Å². The molecule has 2 amide bonds. The predicted octanol–water partition coefficient (Wildman–Crippen LogP) is -2.89. The van der Waals surface area contributed by atoms with E-state index in [1.165, 1.54) is 12.1 Å². The van der Waals surface area contributed by atoms with Crippen LogP contribution < -0.4 is 123 Å². The molecule has 0 saturated carbocycles. The van der Waals surface area contributed by atoms with Gasteiger partial charge < -0.3 is 41.5 Å². The van der Waals surface area contributed by atoms with Gasteiger partial charge in [0.25, 0.3) is 12.4 Å². The first-order chi connectivity index (χ1) is 19.5. The largest absolute Gasteiger partial charge is 1.00 e. The van der Waals surface area contributed by atoms with Gasteiger partial charge >= 0.3 is 115 Å². The standard InChI is InChI=1S/C13H16ClNO4.C13H15NO4.CH2O3.CH4.2K.H/c1-3-19-13(18)8(2)9-4-5-10(11(16)6-9)15-12(17)7-14;1-3-17-13(16)8(2)9-4-5-10-11(6-9)18-7-12(15)14-10;2-1-4-3;;;;/h4-6,8,16H,3,7H2,1-2H3,(H,15,17);4-6,8H,3,7H2,1-2H3,(H,14,15);1,3H;1H4;;;/q;;;;2*+1;-1/p-1. The van der Waals surface area contributed by atoms with Crippen LogP contribution in [0.15, 0.2) is 36.4 Å². The van der Waals surface area contributed by atoms with Crippen LogP contribution in [-0.2, 0) is 38.3 Å². The molecule has 2 unspecified atom stereocenters. The van der Waals surface area contributed by atoms with Gasteiger partial charge in [0.15, 0.2) is 6.61 Å². The Labute approximate surface area is 348 Å². The summed E-state index contributed by atoms with van der Waals surface area (Å²) in [6, 6.07) is 9.87. The van der Waals surface area contributed by atoms with E-state index in [0.29, 0.717) is 30.2 Å². The van der Waals surface area contributed by atoms with Crippen molar-refractivity contribution in [3.05, 3.63) is 47.5 Å². The van der Waals surface area contributed by atoms with Crippen molar-refractivity contribution in [2.45, 2.75) is 47.0 Å². The SMILES string of the molecule is C.CCOC(=O)C(C)c1ccc(NC(=O)CCl)c(O)c1.CCOC(=O)C(C)c1ccc2c(c1)OCC(=O)N2.O=CO[O-].[H-].[K+].[K+]. The first-order valence-corrected chi connectivity index (χ1v) is 12.9. The number of aromatic hydroxyl groups is 1. The molecule has 0 spiro atoms. The molecule has 3 N–H and O–H groups in total. The van der Waals surface area contributed by atoms with Gasteiger partial charge in [-0.1, -0.05) is 19.6 Å². The number of hydrogen-bond donors (Lipinski definition) is 3. The molecule has 2 aromatic rings. The Morgan fingerprint density at radius 2 is 1.57 bits per heavy atom. The molecule has 3 rings (SSSR count). The molecule has 44 heavy (non-hydrogen) atoms. The maximum absolute atomic E-state index is 11.6. The van der Waals surface area contributed by atoms with E-state index < -0.39 is 11.8 Å². The Bertz CT molecular complexity index is 1230. The van der Waals surface area contributed by atoms with Gasteiger partial charge in [0, 0.05) is 0 Å². The van der Waals surface area contributed by atoms with Crippen molar-refractivity contribution in [1.82, 2.24) is 0 Å². The number of amides is 2. The second kappa shape index (κ2) is 26.0. The fraction of sp³-hybridized carbons (Fsp3) is 0.393. The number of alkyl halides is 1. The number of esters is 2. The van der Waals surface area contributed by atoms with Crippen molar-refractivity contribution >= 4 is 53.2 Å². The second-order valence-electron chi connectivity index (χ2n) is 8.19. The van der Waals surface area contributed by atoms with Crippen LogP contribution in [0.4, 0.5) is 11.4 Å². The van der Waals surface area contributed by atoms with E-state index in [9.17, 15) is 24.3 Å². The van der Waals surface area contributed by atoms with Crippen LogP contribution in [0.5, 0.6) is 11.5 Å². The summed E-state index contributed by atoms with van der Waals surface area (Å²) in [5.41, 5.74) is 2.31.